The highest BCUT2D eigenvalue weighted by Crippen LogP contribution is 2.32. The van der Waals surface area contributed by atoms with Crippen molar-refractivity contribution in [1.82, 2.24) is 5.48 Å². The summed E-state index contributed by atoms with van der Waals surface area (Å²) in [6, 6.07) is 6.06. The second kappa shape index (κ2) is 7.11. The lowest BCUT2D eigenvalue weighted by molar-refractivity contribution is -0.202. The molecule has 1 amide bonds. The fourth-order valence-electron chi connectivity index (χ4n) is 3.18. The van der Waals surface area contributed by atoms with Gasteiger partial charge in [-0.3, -0.25) is 4.79 Å². The number of fused-ring (bicyclic) bond motifs is 1. The van der Waals surface area contributed by atoms with Crippen LogP contribution >= 0.6 is 0 Å². The summed E-state index contributed by atoms with van der Waals surface area (Å²) in [5, 5.41) is 0. The van der Waals surface area contributed by atoms with E-state index < -0.39 is 0 Å². The Labute approximate surface area is 130 Å². The normalized spacial score (nSPS) is 24.4. The smallest absolute Gasteiger partial charge is 0.247 e. The van der Waals surface area contributed by atoms with Crippen molar-refractivity contribution in [3.05, 3.63) is 29.3 Å². The maximum Gasteiger partial charge on any atom is 0.247 e. The van der Waals surface area contributed by atoms with Gasteiger partial charge in [-0.05, 0) is 49.3 Å². The maximum absolute atomic E-state index is 12.3. The molecule has 0 radical (unpaired) electrons. The van der Waals surface area contributed by atoms with Crippen LogP contribution in [0.15, 0.2) is 18.2 Å². The minimum Gasteiger partial charge on any atom is -0.496 e. The minimum atomic E-state index is -0.303. The van der Waals surface area contributed by atoms with Gasteiger partial charge in [0.2, 0.25) is 5.91 Å². The van der Waals surface area contributed by atoms with E-state index in [1.54, 1.807) is 7.11 Å². The molecule has 1 aliphatic heterocycles. The van der Waals surface area contributed by atoms with Crippen LogP contribution in [0.4, 0.5) is 0 Å². The van der Waals surface area contributed by atoms with Crippen LogP contribution in [0.5, 0.6) is 5.75 Å². The Morgan fingerprint density at radius 1 is 1.32 bits per heavy atom. The molecule has 1 aliphatic carbocycles. The van der Waals surface area contributed by atoms with Gasteiger partial charge in [0, 0.05) is 18.9 Å². The van der Waals surface area contributed by atoms with Crippen molar-refractivity contribution in [3.8, 4) is 5.75 Å². The molecule has 0 spiro atoms. The third kappa shape index (κ3) is 3.42. The SMILES string of the molecule is COc1cccc2c1CC(C(=O)NOC1CCCCO1)CC2. The summed E-state index contributed by atoms with van der Waals surface area (Å²) in [4.78, 5) is 17.7. The van der Waals surface area contributed by atoms with Gasteiger partial charge in [0.05, 0.1) is 7.11 Å². The number of hydroxylamine groups is 1. The molecule has 1 N–H and O–H groups in total. The maximum atomic E-state index is 12.3. The second-order valence-corrected chi connectivity index (χ2v) is 5.92. The Morgan fingerprint density at radius 3 is 3.00 bits per heavy atom. The molecule has 2 aliphatic rings. The van der Waals surface area contributed by atoms with E-state index in [9.17, 15) is 4.79 Å². The topological polar surface area (TPSA) is 56.8 Å². The predicted octanol–water partition coefficient (Wildman–Crippen LogP) is 2.37. The van der Waals surface area contributed by atoms with E-state index in [0.29, 0.717) is 13.0 Å². The Hall–Kier alpha value is -1.59. The van der Waals surface area contributed by atoms with E-state index in [1.165, 1.54) is 5.56 Å². The highest BCUT2D eigenvalue weighted by molar-refractivity contribution is 5.78. The molecule has 1 fully saturated rings. The lowest BCUT2D eigenvalue weighted by Crippen LogP contribution is -2.38. The van der Waals surface area contributed by atoms with Crippen LogP contribution < -0.4 is 10.2 Å². The summed E-state index contributed by atoms with van der Waals surface area (Å²) in [5.41, 5.74) is 5.01. The van der Waals surface area contributed by atoms with Crippen molar-refractivity contribution < 1.29 is 19.1 Å². The third-order valence-electron chi connectivity index (χ3n) is 4.46. The van der Waals surface area contributed by atoms with Crippen LogP contribution in [0.2, 0.25) is 0 Å². The number of hydrogen-bond donors (Lipinski definition) is 1. The lowest BCUT2D eigenvalue weighted by Gasteiger charge is -2.27. The molecule has 120 valence electrons. The first kappa shape index (κ1) is 15.3. The largest absolute Gasteiger partial charge is 0.496 e. The van der Waals surface area contributed by atoms with Crippen LogP contribution in [-0.4, -0.2) is 25.9 Å². The van der Waals surface area contributed by atoms with E-state index in [4.69, 9.17) is 14.3 Å². The summed E-state index contributed by atoms with van der Waals surface area (Å²) in [5.74, 6) is 0.727. The number of ether oxygens (including phenoxy) is 2. The summed E-state index contributed by atoms with van der Waals surface area (Å²) >= 11 is 0. The number of hydrogen-bond acceptors (Lipinski definition) is 4. The van der Waals surface area contributed by atoms with E-state index >= 15 is 0 Å². The van der Waals surface area contributed by atoms with Crippen LogP contribution in [0, 0.1) is 5.92 Å². The van der Waals surface area contributed by atoms with Crippen molar-refractivity contribution >= 4 is 5.91 Å². The fourth-order valence-corrected chi connectivity index (χ4v) is 3.18. The molecule has 5 heteroatoms. The molecule has 2 unspecified atom stereocenters. The Morgan fingerprint density at radius 2 is 2.23 bits per heavy atom. The molecular formula is C17H23NO4. The molecule has 22 heavy (non-hydrogen) atoms. The number of carbonyl (C=O) groups excluding carboxylic acids is 1. The zero-order valence-corrected chi connectivity index (χ0v) is 13.0. The number of aryl methyl sites for hydroxylation is 1. The average Bonchev–Trinajstić information content (AvgIpc) is 2.59. The molecule has 0 saturated carbocycles. The molecule has 3 rings (SSSR count). The zero-order valence-electron chi connectivity index (χ0n) is 13.0. The second-order valence-electron chi connectivity index (χ2n) is 5.92. The highest BCUT2D eigenvalue weighted by atomic mass is 16.8. The Bertz CT molecular complexity index is 511. The molecule has 2 atom stereocenters. The number of amides is 1. The van der Waals surface area contributed by atoms with Crippen molar-refractivity contribution in [2.75, 3.05) is 13.7 Å². The van der Waals surface area contributed by atoms with E-state index in [-0.39, 0.29) is 18.1 Å². The number of rotatable bonds is 4. The summed E-state index contributed by atoms with van der Waals surface area (Å²) < 4.78 is 10.9. The van der Waals surface area contributed by atoms with Gasteiger partial charge in [0.1, 0.15) is 5.75 Å². The van der Waals surface area contributed by atoms with Gasteiger partial charge >= 0.3 is 0 Å². The molecule has 0 bridgehead atoms. The van der Waals surface area contributed by atoms with Gasteiger partial charge in [-0.1, -0.05) is 12.1 Å². The molecule has 1 aromatic carbocycles. The van der Waals surface area contributed by atoms with Crippen molar-refractivity contribution in [2.24, 2.45) is 5.92 Å². The van der Waals surface area contributed by atoms with E-state index in [0.717, 1.165) is 43.4 Å². The molecule has 5 nitrogen and oxygen atoms in total. The van der Waals surface area contributed by atoms with Crippen molar-refractivity contribution in [2.45, 2.75) is 44.8 Å². The quantitative estimate of drug-likeness (QED) is 0.868. The molecule has 1 saturated heterocycles. The zero-order chi connectivity index (χ0) is 15.4. The van der Waals surface area contributed by atoms with Gasteiger partial charge in [0.25, 0.3) is 0 Å². The molecule has 1 aromatic rings. The number of methoxy groups -OCH3 is 1. The first-order valence-electron chi connectivity index (χ1n) is 8.00. The summed E-state index contributed by atoms with van der Waals surface area (Å²) in [6.07, 6.45) is 5.09. The lowest BCUT2D eigenvalue weighted by atomic mass is 9.83. The van der Waals surface area contributed by atoms with Gasteiger partial charge < -0.3 is 9.47 Å². The first-order valence-corrected chi connectivity index (χ1v) is 8.00. The number of benzene rings is 1. The van der Waals surface area contributed by atoms with Crippen LogP contribution in [0.25, 0.3) is 0 Å². The van der Waals surface area contributed by atoms with Gasteiger partial charge in [-0.25, -0.2) is 10.3 Å². The van der Waals surface area contributed by atoms with Gasteiger partial charge in [0.15, 0.2) is 6.29 Å². The first-order chi connectivity index (χ1) is 10.8. The number of carbonyl (C=O) groups is 1. The highest BCUT2D eigenvalue weighted by Gasteiger charge is 2.27. The molecular weight excluding hydrogens is 282 g/mol. The van der Waals surface area contributed by atoms with Crippen LogP contribution in [0.1, 0.15) is 36.8 Å². The van der Waals surface area contributed by atoms with Crippen molar-refractivity contribution in [3.63, 3.8) is 0 Å². The van der Waals surface area contributed by atoms with E-state index in [1.807, 2.05) is 12.1 Å². The van der Waals surface area contributed by atoms with Crippen molar-refractivity contribution in [1.29, 1.82) is 0 Å². The molecule has 1 heterocycles. The molecule has 0 aromatic heterocycles. The van der Waals surface area contributed by atoms with Gasteiger partial charge in [-0.2, -0.15) is 0 Å². The minimum absolute atomic E-state index is 0.0641. The Balaban J connectivity index is 1.57. The van der Waals surface area contributed by atoms with E-state index in [2.05, 4.69) is 11.5 Å². The summed E-state index contributed by atoms with van der Waals surface area (Å²) in [6.45, 7) is 0.703. The standard InChI is InChI=1S/C17H23NO4/c1-20-15-6-4-5-12-8-9-13(11-14(12)15)17(19)18-22-16-7-2-3-10-21-16/h4-6,13,16H,2-3,7-11H2,1H3,(H,18,19). The number of nitrogens with one attached hydrogen (secondary N) is 1. The Kier molecular flexibility index (Phi) is 4.95. The third-order valence-corrected chi connectivity index (χ3v) is 4.46. The fraction of sp³-hybridized carbons (Fsp3) is 0.588. The van der Waals surface area contributed by atoms with Crippen LogP contribution in [0.3, 0.4) is 0 Å². The van der Waals surface area contributed by atoms with Crippen LogP contribution in [-0.2, 0) is 27.2 Å². The predicted molar refractivity (Wildman–Crippen MR) is 81.3 cm³/mol. The van der Waals surface area contributed by atoms with Gasteiger partial charge in [-0.15, -0.1) is 0 Å². The monoisotopic (exact) mass is 305 g/mol. The average molecular weight is 305 g/mol. The summed E-state index contributed by atoms with van der Waals surface area (Å²) in [7, 11) is 1.67.